The van der Waals surface area contributed by atoms with Crippen LogP contribution in [0.2, 0.25) is 0 Å². The Balaban J connectivity index is 1.27. The molecule has 216 valence electrons. The zero-order valence-corrected chi connectivity index (χ0v) is 25.1. The molecule has 9 rings (SSSR count). The lowest BCUT2D eigenvalue weighted by Crippen LogP contribution is -2.10. The predicted molar refractivity (Wildman–Crippen MR) is 194 cm³/mol. The average molecular weight is 588 g/mol. The van der Waals surface area contributed by atoms with Crippen LogP contribution in [0.15, 0.2) is 180 Å². The van der Waals surface area contributed by atoms with E-state index in [0.717, 1.165) is 39.0 Å². The zero-order valence-electron chi connectivity index (χ0n) is 25.1. The van der Waals surface area contributed by atoms with Gasteiger partial charge in [0.2, 0.25) is 0 Å². The second kappa shape index (κ2) is 10.8. The molecule has 0 spiro atoms. The van der Waals surface area contributed by atoms with Crippen molar-refractivity contribution in [2.75, 3.05) is 4.90 Å². The van der Waals surface area contributed by atoms with Crippen molar-refractivity contribution >= 4 is 60.5 Å². The third kappa shape index (κ3) is 4.43. The third-order valence-electron chi connectivity index (χ3n) is 9.02. The van der Waals surface area contributed by atoms with Crippen LogP contribution in [0, 0.1) is 0 Å². The van der Waals surface area contributed by atoms with Crippen LogP contribution < -0.4 is 4.90 Å². The lowest BCUT2D eigenvalue weighted by Gasteiger charge is -2.27. The van der Waals surface area contributed by atoms with E-state index in [4.69, 9.17) is 4.42 Å². The average Bonchev–Trinajstić information content (AvgIpc) is 3.51. The highest BCUT2D eigenvalue weighted by atomic mass is 16.3. The van der Waals surface area contributed by atoms with Gasteiger partial charge in [-0.15, -0.1) is 0 Å². The van der Waals surface area contributed by atoms with E-state index in [1.807, 2.05) is 12.1 Å². The molecule has 0 aliphatic carbocycles. The van der Waals surface area contributed by atoms with E-state index < -0.39 is 0 Å². The summed E-state index contributed by atoms with van der Waals surface area (Å²) in [6.45, 7) is 0. The molecule has 46 heavy (non-hydrogen) atoms. The van der Waals surface area contributed by atoms with Crippen molar-refractivity contribution in [2.24, 2.45) is 0 Å². The van der Waals surface area contributed by atoms with Crippen molar-refractivity contribution in [1.29, 1.82) is 0 Å². The number of rotatable bonds is 5. The number of nitrogens with zero attached hydrogens (tertiary/aromatic N) is 1. The fourth-order valence-corrected chi connectivity index (χ4v) is 6.84. The van der Waals surface area contributed by atoms with Crippen molar-refractivity contribution in [3.63, 3.8) is 0 Å². The summed E-state index contributed by atoms with van der Waals surface area (Å²) >= 11 is 0. The number of fused-ring (bicyclic) bond motifs is 5. The minimum absolute atomic E-state index is 0.877. The number of para-hydroxylation sites is 1. The molecule has 1 heterocycles. The Labute approximate surface area is 267 Å². The molecule has 0 amide bonds. The summed E-state index contributed by atoms with van der Waals surface area (Å²) in [6.07, 6.45) is 0. The number of hydrogen-bond acceptors (Lipinski definition) is 2. The largest absolute Gasteiger partial charge is 0.456 e. The maximum Gasteiger partial charge on any atom is 0.137 e. The molecule has 0 unspecified atom stereocenters. The lowest BCUT2D eigenvalue weighted by atomic mass is 9.96. The Morgan fingerprint density at radius 3 is 2.00 bits per heavy atom. The molecule has 2 nitrogen and oxygen atoms in total. The Bertz CT molecular complexity index is 2540. The Morgan fingerprint density at radius 2 is 1.07 bits per heavy atom. The summed E-state index contributed by atoms with van der Waals surface area (Å²) < 4.78 is 6.35. The number of furan rings is 1. The minimum atomic E-state index is 0.877. The van der Waals surface area contributed by atoms with Crippen LogP contribution in [0.3, 0.4) is 0 Å². The Morgan fingerprint density at radius 1 is 0.370 bits per heavy atom. The van der Waals surface area contributed by atoms with Gasteiger partial charge in [-0.3, -0.25) is 0 Å². The van der Waals surface area contributed by atoms with Crippen LogP contribution in [-0.4, -0.2) is 0 Å². The molecule has 0 fully saturated rings. The van der Waals surface area contributed by atoms with Gasteiger partial charge < -0.3 is 9.32 Å². The van der Waals surface area contributed by atoms with Crippen molar-refractivity contribution < 1.29 is 4.42 Å². The Kier molecular flexibility index (Phi) is 6.17. The van der Waals surface area contributed by atoms with Crippen molar-refractivity contribution in [1.82, 2.24) is 0 Å². The van der Waals surface area contributed by atoms with Crippen LogP contribution >= 0.6 is 0 Å². The second-order valence-electron chi connectivity index (χ2n) is 11.8. The van der Waals surface area contributed by atoms with Crippen LogP contribution in [0.1, 0.15) is 0 Å². The van der Waals surface area contributed by atoms with Gasteiger partial charge in [0.05, 0.1) is 11.1 Å². The molecule has 0 aliphatic heterocycles. The molecule has 1 aromatic heterocycles. The number of anilines is 3. The standard InChI is InChI=1S/C44H29NO/c1-2-11-30(12-3-1)33-15-8-16-36(28-33)45(41-20-10-22-43-44(41)40-18-6-7-21-42(40)46-43)37-26-25-31-23-24-34(27-35(31)29-37)39-19-9-14-32-13-4-5-17-38(32)39/h1-29H. The van der Waals surface area contributed by atoms with Gasteiger partial charge in [-0.25, -0.2) is 0 Å². The molecule has 9 aromatic rings. The normalized spacial score (nSPS) is 11.5. The highest BCUT2D eigenvalue weighted by Gasteiger charge is 2.20. The summed E-state index contributed by atoms with van der Waals surface area (Å²) in [5.41, 5.74) is 9.84. The summed E-state index contributed by atoms with van der Waals surface area (Å²) in [5.74, 6) is 0. The summed E-state index contributed by atoms with van der Waals surface area (Å²) in [7, 11) is 0. The van der Waals surface area contributed by atoms with Gasteiger partial charge in [0.1, 0.15) is 11.2 Å². The van der Waals surface area contributed by atoms with Crippen molar-refractivity contribution in [3.05, 3.63) is 176 Å². The molecule has 0 saturated carbocycles. The van der Waals surface area contributed by atoms with Crippen LogP contribution in [0.25, 0.3) is 65.7 Å². The molecule has 0 saturated heterocycles. The van der Waals surface area contributed by atoms with Crippen LogP contribution in [-0.2, 0) is 0 Å². The fourth-order valence-electron chi connectivity index (χ4n) is 6.84. The monoisotopic (exact) mass is 587 g/mol. The topological polar surface area (TPSA) is 16.4 Å². The zero-order chi connectivity index (χ0) is 30.5. The van der Waals surface area contributed by atoms with Gasteiger partial charge in [0.25, 0.3) is 0 Å². The van der Waals surface area contributed by atoms with Gasteiger partial charge >= 0.3 is 0 Å². The van der Waals surface area contributed by atoms with E-state index in [2.05, 4.69) is 169 Å². The summed E-state index contributed by atoms with van der Waals surface area (Å²) in [5, 5.41) is 7.12. The molecule has 0 N–H and O–H groups in total. The first kappa shape index (κ1) is 26.3. The quantitative estimate of drug-likeness (QED) is 0.199. The summed E-state index contributed by atoms with van der Waals surface area (Å²) in [4.78, 5) is 2.38. The predicted octanol–water partition coefficient (Wildman–Crippen LogP) is 12.7. The second-order valence-corrected chi connectivity index (χ2v) is 11.8. The van der Waals surface area contributed by atoms with Crippen LogP contribution in [0.4, 0.5) is 17.1 Å². The van der Waals surface area contributed by atoms with E-state index >= 15 is 0 Å². The summed E-state index contributed by atoms with van der Waals surface area (Å²) in [6, 6.07) is 62.8. The van der Waals surface area contributed by atoms with Gasteiger partial charge in [-0.2, -0.15) is 0 Å². The SMILES string of the molecule is c1ccc(-c2cccc(N(c3ccc4ccc(-c5cccc6ccccc56)cc4c3)c3cccc4oc5ccccc5c34)c2)cc1. The van der Waals surface area contributed by atoms with Crippen LogP contribution in [0.5, 0.6) is 0 Å². The molecule has 0 radical (unpaired) electrons. The van der Waals surface area contributed by atoms with E-state index in [1.165, 1.54) is 43.8 Å². The minimum Gasteiger partial charge on any atom is -0.456 e. The molecule has 8 aromatic carbocycles. The fraction of sp³-hybridized carbons (Fsp3) is 0. The van der Waals surface area contributed by atoms with Gasteiger partial charge in [-0.1, -0.05) is 127 Å². The highest BCUT2D eigenvalue weighted by Crippen LogP contribution is 2.44. The van der Waals surface area contributed by atoms with Gasteiger partial charge in [0.15, 0.2) is 0 Å². The number of hydrogen-bond donors (Lipinski definition) is 0. The van der Waals surface area contributed by atoms with Crippen molar-refractivity contribution in [2.45, 2.75) is 0 Å². The van der Waals surface area contributed by atoms with Gasteiger partial charge in [0, 0.05) is 16.8 Å². The van der Waals surface area contributed by atoms with E-state index in [1.54, 1.807) is 0 Å². The molecule has 2 heteroatoms. The van der Waals surface area contributed by atoms with Gasteiger partial charge in [-0.05, 0) is 92.3 Å². The maximum atomic E-state index is 6.35. The first-order valence-corrected chi connectivity index (χ1v) is 15.7. The smallest absolute Gasteiger partial charge is 0.137 e. The first-order chi connectivity index (χ1) is 22.8. The van der Waals surface area contributed by atoms with E-state index in [-0.39, 0.29) is 0 Å². The molecule has 0 bridgehead atoms. The van der Waals surface area contributed by atoms with E-state index in [9.17, 15) is 0 Å². The van der Waals surface area contributed by atoms with E-state index in [0.29, 0.717) is 0 Å². The Hall–Kier alpha value is -6.12. The lowest BCUT2D eigenvalue weighted by molar-refractivity contribution is 0.669. The maximum absolute atomic E-state index is 6.35. The van der Waals surface area contributed by atoms with Crippen molar-refractivity contribution in [3.8, 4) is 22.3 Å². The molecule has 0 atom stereocenters. The highest BCUT2D eigenvalue weighted by molar-refractivity contribution is 6.13. The number of benzene rings is 8. The third-order valence-corrected chi connectivity index (χ3v) is 9.02. The molecular weight excluding hydrogens is 558 g/mol. The molecule has 0 aliphatic rings. The first-order valence-electron chi connectivity index (χ1n) is 15.7. The molecular formula is C44H29NO.